The van der Waals surface area contributed by atoms with Gasteiger partial charge in [-0.05, 0) is 55.7 Å². The van der Waals surface area contributed by atoms with Crippen LogP contribution in [0.5, 0.6) is 11.5 Å². The van der Waals surface area contributed by atoms with E-state index in [2.05, 4.69) is 4.74 Å². The van der Waals surface area contributed by atoms with Crippen LogP contribution in [0.1, 0.15) is 37.9 Å². The fraction of sp³-hybridized carbons (Fsp3) is 0.296. The van der Waals surface area contributed by atoms with Gasteiger partial charge >= 0.3 is 12.3 Å². The topological polar surface area (TPSA) is 60.7 Å². The highest BCUT2D eigenvalue weighted by Crippen LogP contribution is 2.44. The maximum absolute atomic E-state index is 13.0. The Kier molecular flexibility index (Phi) is 6.84. The van der Waals surface area contributed by atoms with E-state index in [-0.39, 0.29) is 12.2 Å². The summed E-state index contributed by atoms with van der Waals surface area (Å²) in [7, 11) is 0. The molecular formula is C27H25ClF3NO4. The summed E-state index contributed by atoms with van der Waals surface area (Å²) in [6, 6.07) is 11.1. The Labute approximate surface area is 211 Å². The lowest BCUT2D eigenvalue weighted by Crippen LogP contribution is -2.25. The average molecular weight is 520 g/mol. The maximum atomic E-state index is 13.0. The molecule has 0 saturated carbocycles. The second kappa shape index (κ2) is 9.58. The molecule has 0 bridgehead atoms. The smallest absolute Gasteiger partial charge is 0.479 e. The number of hydrogen-bond donors (Lipinski definition) is 1. The zero-order valence-electron chi connectivity index (χ0n) is 19.9. The Balaban J connectivity index is 1.91. The van der Waals surface area contributed by atoms with Crippen molar-refractivity contribution in [3.05, 3.63) is 77.0 Å². The van der Waals surface area contributed by atoms with E-state index in [0.29, 0.717) is 28.4 Å². The van der Waals surface area contributed by atoms with Gasteiger partial charge in [0.1, 0.15) is 11.5 Å². The third-order valence-electron chi connectivity index (χ3n) is 6.31. The molecule has 2 unspecified atom stereocenters. The lowest BCUT2D eigenvalue weighted by atomic mass is 9.76. The van der Waals surface area contributed by atoms with Crippen molar-refractivity contribution < 1.29 is 32.5 Å². The van der Waals surface area contributed by atoms with E-state index in [0.717, 1.165) is 16.6 Å². The van der Waals surface area contributed by atoms with E-state index in [1.54, 1.807) is 37.3 Å². The zero-order valence-corrected chi connectivity index (χ0v) is 20.7. The Bertz CT molecular complexity index is 1380. The molecule has 1 aliphatic rings. The van der Waals surface area contributed by atoms with Crippen LogP contribution in [0.4, 0.5) is 13.2 Å². The Morgan fingerprint density at radius 2 is 1.97 bits per heavy atom. The van der Waals surface area contributed by atoms with Crippen LogP contribution in [-0.4, -0.2) is 28.1 Å². The lowest BCUT2D eigenvalue weighted by Gasteiger charge is -2.28. The molecule has 0 fully saturated rings. The highest BCUT2D eigenvalue weighted by Gasteiger charge is 2.34. The third kappa shape index (κ3) is 5.09. The van der Waals surface area contributed by atoms with Crippen molar-refractivity contribution in [1.82, 2.24) is 4.57 Å². The van der Waals surface area contributed by atoms with Gasteiger partial charge in [0.2, 0.25) is 0 Å². The highest BCUT2D eigenvalue weighted by atomic mass is 35.5. The summed E-state index contributed by atoms with van der Waals surface area (Å²) in [5.74, 6) is -1.08. The average Bonchev–Trinajstić information content (AvgIpc) is 3.10. The Morgan fingerprint density at radius 1 is 1.22 bits per heavy atom. The van der Waals surface area contributed by atoms with E-state index in [1.165, 1.54) is 12.1 Å². The molecule has 1 N–H and O–H groups in total. The summed E-state index contributed by atoms with van der Waals surface area (Å²) in [6.07, 6.45) is 0.767. The fourth-order valence-electron chi connectivity index (χ4n) is 4.71. The summed E-state index contributed by atoms with van der Waals surface area (Å²) in [5, 5.41) is 10.8. The Hall–Kier alpha value is -3.39. The summed E-state index contributed by atoms with van der Waals surface area (Å²) >= 11 is 6.16. The predicted molar refractivity (Wildman–Crippen MR) is 132 cm³/mol. The third-order valence-corrected chi connectivity index (χ3v) is 6.59. The molecule has 190 valence electrons. The molecule has 0 aliphatic heterocycles. The molecule has 1 aromatic heterocycles. The van der Waals surface area contributed by atoms with Crippen molar-refractivity contribution in [1.29, 1.82) is 0 Å². The van der Waals surface area contributed by atoms with Crippen LogP contribution < -0.4 is 9.47 Å². The molecule has 0 amide bonds. The van der Waals surface area contributed by atoms with Crippen molar-refractivity contribution in [2.24, 2.45) is 0 Å². The summed E-state index contributed by atoms with van der Waals surface area (Å²) in [5.41, 5.74) is 2.43. The molecule has 9 heteroatoms. The molecule has 0 spiro atoms. The summed E-state index contributed by atoms with van der Waals surface area (Å²) in [4.78, 5) is 11.5. The van der Waals surface area contributed by atoms with E-state index in [1.807, 2.05) is 36.6 Å². The minimum atomic E-state index is -4.83. The number of halogens is 4. The number of allylic oxidation sites excluding steroid dienone is 4. The van der Waals surface area contributed by atoms with Gasteiger partial charge in [-0.3, -0.25) is 0 Å². The number of ether oxygens (including phenoxy) is 2. The van der Waals surface area contributed by atoms with Gasteiger partial charge in [0, 0.05) is 39.3 Å². The second-order valence-corrected chi connectivity index (χ2v) is 9.35. The predicted octanol–water partition coefficient (Wildman–Crippen LogP) is 7.42. The monoisotopic (exact) mass is 519 g/mol. The maximum Gasteiger partial charge on any atom is 0.573 e. The van der Waals surface area contributed by atoms with Crippen LogP contribution >= 0.6 is 11.6 Å². The molecule has 36 heavy (non-hydrogen) atoms. The summed E-state index contributed by atoms with van der Waals surface area (Å²) in [6.45, 7) is 5.66. The van der Waals surface area contributed by atoms with Gasteiger partial charge in [-0.2, -0.15) is 0 Å². The van der Waals surface area contributed by atoms with Crippen LogP contribution in [0.15, 0.2) is 65.7 Å². The SMILES string of the molecule is CCC(Oc1cccc(-n2c(C)c(C3(C)C=CC(Cl)=CC3)c3ccc(OC(F)(F)F)cc32)c1)C(=O)O. The number of aromatic nitrogens is 1. The number of fused-ring (bicyclic) bond motifs is 1. The van der Waals surface area contributed by atoms with E-state index >= 15 is 0 Å². The molecule has 1 heterocycles. The first kappa shape index (κ1) is 25.7. The first-order valence-corrected chi connectivity index (χ1v) is 11.8. The van der Waals surface area contributed by atoms with Crippen molar-refractivity contribution in [3.63, 3.8) is 0 Å². The molecule has 2 atom stereocenters. The molecular weight excluding hydrogens is 495 g/mol. The number of carboxylic acids is 1. The number of aliphatic carboxylic acids is 1. The first-order valence-electron chi connectivity index (χ1n) is 11.4. The number of hydrogen-bond acceptors (Lipinski definition) is 3. The van der Waals surface area contributed by atoms with Crippen LogP contribution in [-0.2, 0) is 10.2 Å². The molecule has 4 rings (SSSR count). The molecule has 5 nitrogen and oxygen atoms in total. The molecule has 2 aromatic carbocycles. The van der Waals surface area contributed by atoms with Crippen LogP contribution in [0.25, 0.3) is 16.6 Å². The number of carboxylic acid groups (broad SMARTS) is 1. The quantitative estimate of drug-likeness (QED) is 0.353. The van der Waals surface area contributed by atoms with Crippen LogP contribution in [0, 0.1) is 6.92 Å². The fourth-order valence-corrected chi connectivity index (χ4v) is 4.85. The molecule has 0 radical (unpaired) electrons. The second-order valence-electron chi connectivity index (χ2n) is 8.92. The van der Waals surface area contributed by atoms with Gasteiger partial charge in [0.25, 0.3) is 0 Å². The van der Waals surface area contributed by atoms with Crippen LogP contribution in [0.3, 0.4) is 0 Å². The Morgan fingerprint density at radius 3 is 2.58 bits per heavy atom. The van der Waals surface area contributed by atoms with Gasteiger partial charge in [-0.1, -0.05) is 43.7 Å². The number of rotatable bonds is 7. The van der Waals surface area contributed by atoms with Gasteiger partial charge in [-0.25, -0.2) is 4.79 Å². The molecule has 1 aliphatic carbocycles. The van der Waals surface area contributed by atoms with E-state index in [4.69, 9.17) is 16.3 Å². The normalized spacial score (nSPS) is 18.7. The highest BCUT2D eigenvalue weighted by molar-refractivity contribution is 6.31. The largest absolute Gasteiger partial charge is 0.573 e. The van der Waals surface area contributed by atoms with Crippen LogP contribution in [0.2, 0.25) is 0 Å². The van der Waals surface area contributed by atoms with Gasteiger partial charge in [-0.15, -0.1) is 13.2 Å². The van der Waals surface area contributed by atoms with Gasteiger partial charge in [0.05, 0.1) is 5.52 Å². The summed E-state index contributed by atoms with van der Waals surface area (Å²) < 4.78 is 50.7. The first-order chi connectivity index (χ1) is 16.9. The van der Waals surface area contributed by atoms with Crippen molar-refractivity contribution in [3.8, 4) is 17.2 Å². The van der Waals surface area contributed by atoms with Crippen molar-refractivity contribution >= 4 is 28.5 Å². The van der Waals surface area contributed by atoms with Gasteiger partial charge in [0.15, 0.2) is 6.10 Å². The van der Waals surface area contributed by atoms with Crippen molar-refractivity contribution in [2.45, 2.75) is 51.5 Å². The standard InChI is InChI=1S/C27H25ClF3NO4/c1-4-23(25(33)34)35-19-7-5-6-18(14-19)32-16(2)24(26(3)12-10-17(28)11-13-26)21-9-8-20(15-22(21)32)36-27(29,30)31/h5-12,14-15,23H,4,13H2,1-3H3,(H,33,34). The molecule has 3 aromatic rings. The van der Waals surface area contributed by atoms with E-state index in [9.17, 15) is 23.1 Å². The number of alkyl halides is 3. The number of carbonyl (C=O) groups is 1. The molecule has 0 saturated heterocycles. The van der Waals surface area contributed by atoms with Crippen molar-refractivity contribution in [2.75, 3.05) is 0 Å². The minimum Gasteiger partial charge on any atom is -0.479 e. The number of benzene rings is 2. The lowest BCUT2D eigenvalue weighted by molar-refractivity contribution is -0.274. The minimum absolute atomic E-state index is 0.272. The zero-order chi connectivity index (χ0) is 26.3. The van der Waals surface area contributed by atoms with E-state index < -0.39 is 23.9 Å². The number of nitrogens with zero attached hydrogens (tertiary/aromatic N) is 1. The van der Waals surface area contributed by atoms with Gasteiger partial charge < -0.3 is 19.1 Å².